The number of fused-ring (bicyclic) bond motifs is 1. The average molecular weight is 483 g/mol. The van der Waals surface area contributed by atoms with E-state index in [-0.39, 0.29) is 16.8 Å². The molecule has 9 heteroatoms. The highest BCUT2D eigenvalue weighted by Crippen LogP contribution is 2.32. The second-order valence-corrected chi connectivity index (χ2v) is 10.8. The number of morpholine rings is 1. The minimum Gasteiger partial charge on any atom is -0.379 e. The molecule has 2 fully saturated rings. The van der Waals surface area contributed by atoms with Crippen LogP contribution in [0, 0.1) is 0 Å². The Morgan fingerprint density at radius 2 is 1.85 bits per heavy atom. The largest absolute Gasteiger partial charge is 0.379 e. The molecule has 0 saturated carbocycles. The third kappa shape index (κ3) is 4.35. The number of rotatable bonds is 6. The Bertz CT molecular complexity index is 1280. The fourth-order valence-electron chi connectivity index (χ4n) is 5.00. The van der Waals surface area contributed by atoms with Gasteiger partial charge in [0.05, 0.1) is 35.2 Å². The van der Waals surface area contributed by atoms with Crippen LogP contribution in [-0.4, -0.2) is 65.9 Å². The third-order valence-corrected chi connectivity index (χ3v) is 8.77. The summed E-state index contributed by atoms with van der Waals surface area (Å²) in [5, 5.41) is 0. The van der Waals surface area contributed by atoms with Gasteiger partial charge in [-0.1, -0.05) is 30.3 Å². The Balaban J connectivity index is 1.31. The first-order valence-corrected chi connectivity index (χ1v) is 13.3. The Morgan fingerprint density at radius 1 is 1.09 bits per heavy atom. The number of hydrogen-bond acceptors (Lipinski definition) is 5. The normalized spacial score (nSPS) is 19.7. The van der Waals surface area contributed by atoms with Gasteiger partial charge in [0, 0.05) is 39.5 Å². The second-order valence-electron chi connectivity index (χ2n) is 8.91. The number of benzene rings is 2. The van der Waals surface area contributed by atoms with E-state index in [4.69, 9.17) is 9.72 Å². The van der Waals surface area contributed by atoms with Crippen molar-refractivity contribution >= 4 is 27.0 Å². The second kappa shape index (κ2) is 9.48. The lowest BCUT2D eigenvalue weighted by molar-refractivity contribution is -0.132. The van der Waals surface area contributed by atoms with E-state index in [2.05, 4.69) is 12.1 Å². The molecule has 0 aliphatic carbocycles. The first-order valence-electron chi connectivity index (χ1n) is 11.8. The maximum atomic E-state index is 13.1. The predicted octanol–water partition coefficient (Wildman–Crippen LogP) is 2.89. The average Bonchev–Trinajstić information content (AvgIpc) is 3.48. The van der Waals surface area contributed by atoms with Crippen molar-refractivity contribution in [2.24, 2.45) is 7.05 Å². The standard InChI is InChI=1S/C25H30N4O4S/c1-27-23-10-9-20(34(31,32)28-14-16-33-17-15-28)18-21(23)26-24(27)11-12-25(30)29-13-5-8-22(29)19-6-3-2-4-7-19/h2-4,6-7,9-10,18,22H,5,8,11-17H2,1H3. The topological polar surface area (TPSA) is 84.7 Å². The molecule has 34 heavy (non-hydrogen) atoms. The van der Waals surface area contributed by atoms with Crippen LogP contribution in [0.3, 0.4) is 0 Å². The van der Waals surface area contributed by atoms with Gasteiger partial charge in [-0.2, -0.15) is 4.31 Å². The molecule has 0 N–H and O–H groups in total. The summed E-state index contributed by atoms with van der Waals surface area (Å²) in [6.07, 6.45) is 2.88. The molecule has 0 spiro atoms. The van der Waals surface area contributed by atoms with Gasteiger partial charge in [-0.05, 0) is 36.6 Å². The van der Waals surface area contributed by atoms with Crippen molar-refractivity contribution in [2.75, 3.05) is 32.8 Å². The summed E-state index contributed by atoms with van der Waals surface area (Å²) in [5.41, 5.74) is 2.67. The van der Waals surface area contributed by atoms with E-state index >= 15 is 0 Å². The molecule has 1 amide bonds. The summed E-state index contributed by atoms with van der Waals surface area (Å²) >= 11 is 0. The number of hydrogen-bond donors (Lipinski definition) is 0. The molecule has 1 unspecified atom stereocenters. The van der Waals surface area contributed by atoms with E-state index in [1.54, 1.807) is 18.2 Å². The number of nitrogens with zero attached hydrogens (tertiary/aromatic N) is 4. The van der Waals surface area contributed by atoms with E-state index in [1.807, 2.05) is 34.7 Å². The van der Waals surface area contributed by atoms with Gasteiger partial charge in [0.15, 0.2) is 0 Å². The summed E-state index contributed by atoms with van der Waals surface area (Å²) in [7, 11) is -1.67. The summed E-state index contributed by atoms with van der Waals surface area (Å²) < 4.78 is 34.7. The summed E-state index contributed by atoms with van der Waals surface area (Å²) in [6, 6.07) is 15.4. The Hall–Kier alpha value is -2.75. The first-order chi connectivity index (χ1) is 16.4. The van der Waals surface area contributed by atoms with Crippen LogP contribution in [0.15, 0.2) is 53.4 Å². The van der Waals surface area contributed by atoms with E-state index < -0.39 is 10.0 Å². The van der Waals surface area contributed by atoms with Crippen LogP contribution in [0.1, 0.15) is 36.7 Å². The van der Waals surface area contributed by atoms with Gasteiger partial charge in [0.2, 0.25) is 15.9 Å². The van der Waals surface area contributed by atoms with Crippen molar-refractivity contribution < 1.29 is 17.9 Å². The molecule has 2 saturated heterocycles. The van der Waals surface area contributed by atoms with Crippen molar-refractivity contribution in [1.82, 2.24) is 18.8 Å². The zero-order valence-electron chi connectivity index (χ0n) is 19.4. The van der Waals surface area contributed by atoms with Crippen LogP contribution in [0.25, 0.3) is 11.0 Å². The molecule has 1 aromatic heterocycles. The molecule has 0 bridgehead atoms. The zero-order valence-corrected chi connectivity index (χ0v) is 20.2. The highest BCUT2D eigenvalue weighted by atomic mass is 32.2. The Morgan fingerprint density at radius 3 is 2.62 bits per heavy atom. The molecule has 0 radical (unpaired) electrons. The fourth-order valence-corrected chi connectivity index (χ4v) is 6.43. The summed E-state index contributed by atoms with van der Waals surface area (Å²) in [4.78, 5) is 20.0. The smallest absolute Gasteiger partial charge is 0.243 e. The molecule has 3 aromatic rings. The van der Waals surface area contributed by atoms with Crippen LogP contribution in [0.2, 0.25) is 0 Å². The van der Waals surface area contributed by atoms with Gasteiger partial charge >= 0.3 is 0 Å². The Labute approximate surface area is 200 Å². The zero-order chi connectivity index (χ0) is 23.7. The van der Waals surface area contributed by atoms with Gasteiger partial charge in [-0.15, -0.1) is 0 Å². The minimum absolute atomic E-state index is 0.133. The number of ether oxygens (including phenoxy) is 1. The highest BCUT2D eigenvalue weighted by molar-refractivity contribution is 7.89. The monoisotopic (exact) mass is 482 g/mol. The number of sulfonamides is 1. The molecular formula is C25H30N4O4S. The molecule has 3 heterocycles. The lowest BCUT2D eigenvalue weighted by atomic mass is 10.0. The van der Waals surface area contributed by atoms with Crippen LogP contribution >= 0.6 is 0 Å². The van der Waals surface area contributed by atoms with Crippen molar-refractivity contribution in [3.63, 3.8) is 0 Å². The van der Waals surface area contributed by atoms with Crippen molar-refractivity contribution in [1.29, 1.82) is 0 Å². The fraction of sp³-hybridized carbons (Fsp3) is 0.440. The molecule has 5 rings (SSSR count). The molecule has 180 valence electrons. The van der Waals surface area contributed by atoms with Crippen LogP contribution in [0.4, 0.5) is 0 Å². The SMILES string of the molecule is Cn1c(CCC(=O)N2CCCC2c2ccccc2)nc2cc(S(=O)(=O)N3CCOCC3)ccc21. The van der Waals surface area contributed by atoms with E-state index in [1.165, 1.54) is 9.87 Å². The van der Waals surface area contributed by atoms with Gasteiger partial charge in [-0.3, -0.25) is 4.79 Å². The molecule has 1 atom stereocenters. The Kier molecular flexibility index (Phi) is 6.42. The molecule has 2 aromatic carbocycles. The van der Waals surface area contributed by atoms with Gasteiger partial charge in [-0.25, -0.2) is 13.4 Å². The van der Waals surface area contributed by atoms with Gasteiger partial charge in [0.1, 0.15) is 5.82 Å². The number of aromatic nitrogens is 2. The van der Waals surface area contributed by atoms with Gasteiger partial charge in [0.25, 0.3) is 0 Å². The number of amides is 1. The van der Waals surface area contributed by atoms with Crippen LogP contribution in [-0.2, 0) is 33.0 Å². The first kappa shape index (κ1) is 23.0. The summed E-state index contributed by atoms with van der Waals surface area (Å²) in [5.74, 6) is 0.911. The quantitative estimate of drug-likeness (QED) is 0.539. The van der Waals surface area contributed by atoms with Crippen molar-refractivity contribution in [2.45, 2.75) is 36.6 Å². The highest BCUT2D eigenvalue weighted by Gasteiger charge is 2.30. The third-order valence-electron chi connectivity index (χ3n) is 6.87. The number of aryl methyl sites for hydroxylation is 2. The van der Waals surface area contributed by atoms with Crippen LogP contribution in [0.5, 0.6) is 0 Å². The minimum atomic E-state index is -3.58. The van der Waals surface area contributed by atoms with Crippen molar-refractivity contribution in [3.05, 3.63) is 59.9 Å². The summed E-state index contributed by atoms with van der Waals surface area (Å²) in [6.45, 7) is 2.31. The lowest BCUT2D eigenvalue weighted by Gasteiger charge is -2.26. The van der Waals surface area contributed by atoms with Gasteiger partial charge < -0.3 is 14.2 Å². The van der Waals surface area contributed by atoms with E-state index in [0.717, 1.165) is 30.7 Å². The number of carbonyl (C=O) groups is 1. The molecular weight excluding hydrogens is 452 g/mol. The number of imidazole rings is 1. The van der Waals surface area contributed by atoms with Crippen molar-refractivity contribution in [3.8, 4) is 0 Å². The molecule has 8 nitrogen and oxygen atoms in total. The molecule has 2 aliphatic heterocycles. The predicted molar refractivity (Wildman–Crippen MR) is 129 cm³/mol. The number of carbonyl (C=O) groups excluding carboxylic acids is 1. The maximum Gasteiger partial charge on any atom is 0.243 e. The van der Waals surface area contributed by atoms with Crippen LogP contribution < -0.4 is 0 Å². The van der Waals surface area contributed by atoms with E-state index in [0.29, 0.717) is 44.7 Å². The lowest BCUT2D eigenvalue weighted by Crippen LogP contribution is -2.40. The number of likely N-dealkylation sites (tertiary alicyclic amines) is 1. The maximum absolute atomic E-state index is 13.1. The van der Waals surface area contributed by atoms with E-state index in [9.17, 15) is 13.2 Å². The molecule has 2 aliphatic rings.